The van der Waals surface area contributed by atoms with Gasteiger partial charge in [0.2, 0.25) is 16.8 Å². The van der Waals surface area contributed by atoms with Crippen LogP contribution < -0.4 is 9.47 Å². The summed E-state index contributed by atoms with van der Waals surface area (Å²) in [6.07, 6.45) is 3.79. The van der Waals surface area contributed by atoms with Gasteiger partial charge in [0.15, 0.2) is 11.5 Å². The van der Waals surface area contributed by atoms with Crippen LogP contribution in [-0.4, -0.2) is 25.6 Å². The number of hydrogen-bond acceptors (Lipinski definition) is 5. The van der Waals surface area contributed by atoms with E-state index in [0.29, 0.717) is 17.1 Å². The molecule has 7 heteroatoms. The molecule has 1 heterocycles. The number of sulfonamides is 1. The lowest BCUT2D eigenvalue weighted by molar-refractivity contribution is 0.174. The molecule has 0 N–H and O–H groups in total. The first-order chi connectivity index (χ1) is 13.1. The SMILES string of the molecule is N#Cc1ccc(S(=O)(=O)N(Cc2ccc3c(c2)OCO3)C2CCCC2)cc1. The Balaban J connectivity index is 1.67. The molecule has 6 nitrogen and oxygen atoms in total. The molecule has 4 rings (SSSR count). The van der Waals surface area contributed by atoms with Gasteiger partial charge in [-0.05, 0) is 54.8 Å². The third-order valence-corrected chi connectivity index (χ3v) is 7.01. The molecular formula is C20H20N2O4S. The number of nitrogens with zero attached hydrogens (tertiary/aromatic N) is 2. The third-order valence-electron chi connectivity index (χ3n) is 5.10. The van der Waals surface area contributed by atoms with Crippen molar-refractivity contribution in [3.05, 3.63) is 53.6 Å². The highest BCUT2D eigenvalue weighted by Crippen LogP contribution is 2.35. The highest BCUT2D eigenvalue weighted by molar-refractivity contribution is 7.89. The van der Waals surface area contributed by atoms with E-state index in [0.717, 1.165) is 31.2 Å². The molecule has 2 aromatic rings. The van der Waals surface area contributed by atoms with Crippen LogP contribution in [0.4, 0.5) is 0 Å². The lowest BCUT2D eigenvalue weighted by Gasteiger charge is -2.28. The van der Waals surface area contributed by atoms with Crippen LogP contribution in [0.1, 0.15) is 36.8 Å². The fourth-order valence-electron chi connectivity index (χ4n) is 3.66. The van der Waals surface area contributed by atoms with Gasteiger partial charge >= 0.3 is 0 Å². The Morgan fingerprint density at radius 2 is 1.74 bits per heavy atom. The topological polar surface area (TPSA) is 79.6 Å². The third kappa shape index (κ3) is 3.51. The number of benzene rings is 2. The largest absolute Gasteiger partial charge is 0.454 e. The van der Waals surface area contributed by atoms with E-state index in [9.17, 15) is 8.42 Å². The molecule has 0 bridgehead atoms. The summed E-state index contributed by atoms with van der Waals surface area (Å²) in [4.78, 5) is 0.217. The van der Waals surface area contributed by atoms with E-state index in [1.165, 1.54) is 12.1 Å². The average molecular weight is 384 g/mol. The zero-order valence-electron chi connectivity index (χ0n) is 14.8. The molecule has 2 aliphatic rings. The minimum Gasteiger partial charge on any atom is -0.454 e. The standard InChI is InChI=1S/C20H20N2O4S/c21-12-15-5-8-18(9-6-15)27(23,24)22(17-3-1-2-4-17)13-16-7-10-19-20(11-16)26-14-25-19/h5-11,17H,1-4,13-14H2. The van der Waals surface area contributed by atoms with Crippen LogP contribution in [-0.2, 0) is 16.6 Å². The predicted octanol–water partition coefficient (Wildman–Crippen LogP) is 3.42. The zero-order valence-corrected chi connectivity index (χ0v) is 15.6. The van der Waals surface area contributed by atoms with E-state index in [4.69, 9.17) is 14.7 Å². The number of hydrogen-bond donors (Lipinski definition) is 0. The Labute approximate surface area is 159 Å². The minimum atomic E-state index is -3.67. The van der Waals surface area contributed by atoms with Gasteiger partial charge in [0.1, 0.15) is 0 Å². The maximum atomic E-state index is 13.3. The van der Waals surface area contributed by atoms with Gasteiger partial charge in [0.05, 0.1) is 16.5 Å². The van der Waals surface area contributed by atoms with Crippen LogP contribution in [0.5, 0.6) is 11.5 Å². The highest BCUT2D eigenvalue weighted by Gasteiger charge is 2.33. The molecular weight excluding hydrogens is 364 g/mol. The van der Waals surface area contributed by atoms with E-state index in [1.807, 2.05) is 24.3 Å². The Kier molecular flexibility index (Phi) is 4.77. The molecule has 1 fully saturated rings. The molecule has 1 aliphatic carbocycles. The second-order valence-electron chi connectivity index (χ2n) is 6.81. The summed E-state index contributed by atoms with van der Waals surface area (Å²) in [6.45, 7) is 0.471. The molecule has 0 atom stereocenters. The fraction of sp³-hybridized carbons (Fsp3) is 0.350. The van der Waals surface area contributed by atoms with Crippen molar-refractivity contribution in [1.82, 2.24) is 4.31 Å². The van der Waals surface area contributed by atoms with Crippen molar-refractivity contribution in [1.29, 1.82) is 5.26 Å². The maximum Gasteiger partial charge on any atom is 0.243 e. The van der Waals surface area contributed by atoms with Crippen LogP contribution >= 0.6 is 0 Å². The smallest absolute Gasteiger partial charge is 0.243 e. The van der Waals surface area contributed by atoms with Crippen molar-refractivity contribution >= 4 is 10.0 Å². The Morgan fingerprint density at radius 1 is 1.04 bits per heavy atom. The minimum absolute atomic E-state index is 0.0175. The first-order valence-corrected chi connectivity index (χ1v) is 10.4. The van der Waals surface area contributed by atoms with Gasteiger partial charge in [0.25, 0.3) is 0 Å². The van der Waals surface area contributed by atoms with Gasteiger partial charge in [0, 0.05) is 12.6 Å². The van der Waals surface area contributed by atoms with Gasteiger partial charge in [-0.1, -0.05) is 18.9 Å². The lowest BCUT2D eigenvalue weighted by Crippen LogP contribution is -2.38. The van der Waals surface area contributed by atoms with E-state index < -0.39 is 10.0 Å². The van der Waals surface area contributed by atoms with Crippen molar-refractivity contribution in [3.8, 4) is 17.6 Å². The molecule has 2 aromatic carbocycles. The number of rotatable bonds is 5. The summed E-state index contributed by atoms with van der Waals surface area (Å²) >= 11 is 0. The molecule has 1 aliphatic heterocycles. The summed E-state index contributed by atoms with van der Waals surface area (Å²) in [6, 6.07) is 13.6. The molecule has 0 radical (unpaired) electrons. The Hall–Kier alpha value is -2.56. The number of ether oxygens (including phenoxy) is 2. The predicted molar refractivity (Wildman–Crippen MR) is 98.7 cm³/mol. The van der Waals surface area contributed by atoms with Crippen LogP contribution in [0.15, 0.2) is 47.4 Å². The summed E-state index contributed by atoms with van der Waals surface area (Å²) in [7, 11) is -3.67. The van der Waals surface area contributed by atoms with Gasteiger partial charge in [-0.15, -0.1) is 0 Å². The second kappa shape index (κ2) is 7.22. The Morgan fingerprint density at radius 3 is 2.44 bits per heavy atom. The summed E-state index contributed by atoms with van der Waals surface area (Å²) < 4.78 is 39.0. The molecule has 0 unspecified atom stereocenters. The molecule has 0 saturated heterocycles. The van der Waals surface area contributed by atoms with E-state index in [1.54, 1.807) is 16.4 Å². The molecule has 0 aromatic heterocycles. The van der Waals surface area contributed by atoms with Crippen molar-refractivity contribution in [2.24, 2.45) is 0 Å². The van der Waals surface area contributed by atoms with Crippen LogP contribution in [0.3, 0.4) is 0 Å². The lowest BCUT2D eigenvalue weighted by atomic mass is 10.1. The molecule has 27 heavy (non-hydrogen) atoms. The van der Waals surface area contributed by atoms with E-state index >= 15 is 0 Å². The molecule has 1 saturated carbocycles. The van der Waals surface area contributed by atoms with Crippen molar-refractivity contribution < 1.29 is 17.9 Å². The summed E-state index contributed by atoms with van der Waals surface area (Å²) in [5, 5.41) is 8.95. The fourth-order valence-corrected chi connectivity index (χ4v) is 5.33. The van der Waals surface area contributed by atoms with E-state index in [-0.39, 0.29) is 24.3 Å². The van der Waals surface area contributed by atoms with Crippen LogP contribution in [0.2, 0.25) is 0 Å². The first kappa shape index (κ1) is 17.8. The van der Waals surface area contributed by atoms with Crippen molar-refractivity contribution in [3.63, 3.8) is 0 Å². The highest BCUT2D eigenvalue weighted by atomic mass is 32.2. The quantitative estimate of drug-likeness (QED) is 0.789. The van der Waals surface area contributed by atoms with Gasteiger partial charge in [-0.25, -0.2) is 8.42 Å². The molecule has 140 valence electrons. The average Bonchev–Trinajstić information content (AvgIpc) is 3.37. The van der Waals surface area contributed by atoms with Crippen LogP contribution in [0, 0.1) is 11.3 Å². The normalized spacial score (nSPS) is 16.6. The number of nitriles is 1. The van der Waals surface area contributed by atoms with Gasteiger partial charge < -0.3 is 9.47 Å². The Bertz CT molecular complexity index is 974. The second-order valence-corrected chi connectivity index (χ2v) is 8.70. The summed E-state index contributed by atoms with van der Waals surface area (Å²) in [5.74, 6) is 1.33. The summed E-state index contributed by atoms with van der Waals surface area (Å²) in [5.41, 5.74) is 1.31. The first-order valence-electron chi connectivity index (χ1n) is 8.98. The van der Waals surface area contributed by atoms with E-state index in [2.05, 4.69) is 0 Å². The van der Waals surface area contributed by atoms with Gasteiger partial charge in [-0.2, -0.15) is 9.57 Å². The molecule has 0 spiro atoms. The van der Waals surface area contributed by atoms with Gasteiger partial charge in [-0.3, -0.25) is 0 Å². The zero-order chi connectivity index (χ0) is 18.9. The van der Waals surface area contributed by atoms with Crippen molar-refractivity contribution in [2.45, 2.75) is 43.2 Å². The monoisotopic (exact) mass is 384 g/mol. The number of fused-ring (bicyclic) bond motifs is 1. The molecule has 0 amide bonds. The van der Waals surface area contributed by atoms with Crippen molar-refractivity contribution in [2.75, 3.05) is 6.79 Å². The van der Waals surface area contributed by atoms with Crippen LogP contribution in [0.25, 0.3) is 0 Å². The maximum absolute atomic E-state index is 13.3.